The van der Waals surface area contributed by atoms with Gasteiger partial charge >= 0.3 is 0 Å². The first-order chi connectivity index (χ1) is 5.93. The smallest absolute Gasteiger partial charge is 0.0343 e. The first-order valence-electron chi connectivity index (χ1n) is 4.78. The molecule has 0 bridgehead atoms. The minimum atomic E-state index is 0.654. The third-order valence-electron chi connectivity index (χ3n) is 1.61. The van der Waals surface area contributed by atoms with Crippen LogP contribution in [0.25, 0.3) is 0 Å². The number of nitrogens with two attached hydrogens (primary N) is 1. The molecular formula is C11H22N2. The summed E-state index contributed by atoms with van der Waals surface area (Å²) in [5.41, 5.74) is 8.88. The van der Waals surface area contributed by atoms with Crippen LogP contribution in [0.4, 0.5) is 0 Å². The van der Waals surface area contributed by atoms with Crippen molar-refractivity contribution in [2.45, 2.75) is 34.6 Å². The maximum absolute atomic E-state index is 5.62. The number of allylic oxidation sites excluding steroid dienone is 3. The second-order valence-corrected chi connectivity index (χ2v) is 4.08. The number of rotatable bonds is 4. The highest BCUT2D eigenvalue weighted by Crippen LogP contribution is 2.03. The zero-order valence-corrected chi connectivity index (χ0v) is 9.44. The lowest BCUT2D eigenvalue weighted by Gasteiger charge is -2.12. The minimum absolute atomic E-state index is 0.654. The van der Waals surface area contributed by atoms with Gasteiger partial charge in [0.25, 0.3) is 0 Å². The average molecular weight is 182 g/mol. The molecule has 0 spiro atoms. The van der Waals surface area contributed by atoms with Crippen molar-refractivity contribution < 1.29 is 0 Å². The molecule has 0 heterocycles. The Morgan fingerprint density at radius 1 is 1.31 bits per heavy atom. The van der Waals surface area contributed by atoms with E-state index in [4.69, 9.17) is 5.73 Å². The van der Waals surface area contributed by atoms with Crippen LogP contribution < -0.4 is 11.1 Å². The molecule has 0 aromatic rings. The van der Waals surface area contributed by atoms with Gasteiger partial charge in [-0.1, -0.05) is 19.4 Å². The number of hydrogen-bond acceptors (Lipinski definition) is 2. The molecule has 0 amide bonds. The summed E-state index contributed by atoms with van der Waals surface area (Å²) >= 11 is 0. The van der Waals surface area contributed by atoms with Crippen molar-refractivity contribution in [2.75, 3.05) is 6.54 Å². The Morgan fingerprint density at radius 3 is 2.15 bits per heavy atom. The lowest BCUT2D eigenvalue weighted by Crippen LogP contribution is -2.19. The predicted octanol–water partition coefficient (Wildman–Crippen LogP) is 2.39. The van der Waals surface area contributed by atoms with E-state index < -0.39 is 0 Å². The second-order valence-electron chi connectivity index (χ2n) is 4.08. The van der Waals surface area contributed by atoms with Crippen LogP contribution in [0.3, 0.4) is 0 Å². The highest BCUT2D eigenvalue weighted by molar-refractivity contribution is 5.23. The van der Waals surface area contributed by atoms with Gasteiger partial charge in [-0.15, -0.1) is 0 Å². The molecule has 0 aromatic heterocycles. The summed E-state index contributed by atoms with van der Waals surface area (Å²) in [7, 11) is 0. The summed E-state index contributed by atoms with van der Waals surface area (Å²) in [6.07, 6.45) is 1.98. The van der Waals surface area contributed by atoms with Gasteiger partial charge in [0.05, 0.1) is 0 Å². The van der Waals surface area contributed by atoms with Crippen LogP contribution in [0.1, 0.15) is 34.6 Å². The van der Waals surface area contributed by atoms with Crippen LogP contribution in [0, 0.1) is 5.92 Å². The summed E-state index contributed by atoms with van der Waals surface area (Å²) in [5, 5.41) is 3.37. The molecule has 76 valence electrons. The van der Waals surface area contributed by atoms with Crippen LogP contribution in [-0.2, 0) is 0 Å². The third kappa shape index (κ3) is 6.26. The lowest BCUT2D eigenvalue weighted by atomic mass is 10.2. The summed E-state index contributed by atoms with van der Waals surface area (Å²) in [6, 6.07) is 0. The molecule has 0 atom stereocenters. The van der Waals surface area contributed by atoms with Gasteiger partial charge in [0.2, 0.25) is 0 Å². The molecule has 2 heteroatoms. The molecule has 0 saturated heterocycles. The fourth-order valence-corrected chi connectivity index (χ4v) is 0.914. The average Bonchev–Trinajstić information content (AvgIpc) is 1.96. The highest BCUT2D eigenvalue weighted by Gasteiger charge is 1.97. The van der Waals surface area contributed by atoms with E-state index in [1.165, 1.54) is 5.57 Å². The van der Waals surface area contributed by atoms with E-state index >= 15 is 0 Å². The van der Waals surface area contributed by atoms with Gasteiger partial charge in [-0.3, -0.25) is 0 Å². The Balaban J connectivity index is 4.31. The first-order valence-corrected chi connectivity index (χ1v) is 4.78. The Morgan fingerprint density at radius 2 is 1.85 bits per heavy atom. The van der Waals surface area contributed by atoms with E-state index in [0.29, 0.717) is 5.92 Å². The summed E-state index contributed by atoms with van der Waals surface area (Å²) in [6.45, 7) is 11.4. The van der Waals surface area contributed by atoms with Crippen molar-refractivity contribution in [3.63, 3.8) is 0 Å². The summed E-state index contributed by atoms with van der Waals surface area (Å²) in [4.78, 5) is 0. The number of hydrogen-bond donors (Lipinski definition) is 2. The molecule has 0 rings (SSSR count). The van der Waals surface area contributed by atoms with Gasteiger partial charge in [-0.25, -0.2) is 0 Å². The molecule has 3 N–H and O–H groups in total. The van der Waals surface area contributed by atoms with Crippen molar-refractivity contribution in [1.82, 2.24) is 5.32 Å². The molecule has 0 aromatic carbocycles. The monoisotopic (exact) mass is 182 g/mol. The molecule has 0 radical (unpaired) electrons. The minimum Gasteiger partial charge on any atom is -0.402 e. The lowest BCUT2D eigenvalue weighted by molar-refractivity contribution is 0.599. The Bertz CT molecular complexity index is 204. The van der Waals surface area contributed by atoms with Gasteiger partial charge in [-0.05, 0) is 32.8 Å². The van der Waals surface area contributed by atoms with E-state index in [-0.39, 0.29) is 0 Å². The van der Waals surface area contributed by atoms with Gasteiger partial charge in [0, 0.05) is 17.9 Å². The maximum atomic E-state index is 5.62. The second kappa shape index (κ2) is 5.68. The van der Waals surface area contributed by atoms with E-state index in [0.717, 1.165) is 17.9 Å². The van der Waals surface area contributed by atoms with Crippen LogP contribution in [0.5, 0.6) is 0 Å². The zero-order chi connectivity index (χ0) is 10.4. The predicted molar refractivity (Wildman–Crippen MR) is 59.2 cm³/mol. The molecule has 0 saturated carbocycles. The molecular weight excluding hydrogens is 160 g/mol. The van der Waals surface area contributed by atoms with Crippen molar-refractivity contribution >= 4 is 0 Å². The van der Waals surface area contributed by atoms with E-state index in [2.05, 4.69) is 33.0 Å². The van der Waals surface area contributed by atoms with Crippen LogP contribution in [0.2, 0.25) is 0 Å². The molecule has 0 aliphatic heterocycles. The van der Waals surface area contributed by atoms with Gasteiger partial charge in [0.1, 0.15) is 0 Å². The fraction of sp³-hybridized carbons (Fsp3) is 0.636. The maximum Gasteiger partial charge on any atom is 0.0343 e. The van der Waals surface area contributed by atoms with E-state index in [9.17, 15) is 0 Å². The Kier molecular flexibility index (Phi) is 5.28. The van der Waals surface area contributed by atoms with E-state index in [1.54, 1.807) is 0 Å². The first kappa shape index (κ1) is 12.1. The third-order valence-corrected chi connectivity index (χ3v) is 1.61. The molecule has 0 aliphatic carbocycles. The van der Waals surface area contributed by atoms with Crippen molar-refractivity contribution in [3.05, 3.63) is 23.0 Å². The molecule has 13 heavy (non-hydrogen) atoms. The Hall–Kier alpha value is -0.920. The molecule has 0 aliphatic rings. The largest absolute Gasteiger partial charge is 0.402 e. The summed E-state index contributed by atoms with van der Waals surface area (Å²) in [5.74, 6) is 0.654. The van der Waals surface area contributed by atoms with E-state index in [1.807, 2.05) is 13.0 Å². The molecule has 2 nitrogen and oxygen atoms in total. The SMILES string of the molecule is CC(C)=C(/C=C(/C)N)NCC(C)C. The quantitative estimate of drug-likeness (QED) is 0.655. The van der Waals surface area contributed by atoms with Gasteiger partial charge < -0.3 is 11.1 Å². The van der Waals surface area contributed by atoms with Crippen molar-refractivity contribution in [1.29, 1.82) is 0 Å². The standard InChI is InChI=1S/C11H22N2/c1-8(2)7-13-11(9(3)4)6-10(5)12/h6,8,13H,7,12H2,1-5H3/b10-6-. The normalized spacial score (nSPS) is 11.7. The molecule has 0 fully saturated rings. The zero-order valence-electron chi connectivity index (χ0n) is 9.44. The van der Waals surface area contributed by atoms with Crippen molar-refractivity contribution in [2.24, 2.45) is 11.7 Å². The van der Waals surface area contributed by atoms with Crippen LogP contribution in [-0.4, -0.2) is 6.54 Å². The van der Waals surface area contributed by atoms with Crippen LogP contribution in [0.15, 0.2) is 23.0 Å². The van der Waals surface area contributed by atoms with Gasteiger partial charge in [0.15, 0.2) is 0 Å². The Labute approximate surface area is 81.9 Å². The summed E-state index contributed by atoms with van der Waals surface area (Å²) < 4.78 is 0. The highest BCUT2D eigenvalue weighted by atomic mass is 14.9. The van der Waals surface area contributed by atoms with Crippen molar-refractivity contribution in [3.8, 4) is 0 Å². The topological polar surface area (TPSA) is 38.0 Å². The fourth-order valence-electron chi connectivity index (χ4n) is 0.914. The number of nitrogens with one attached hydrogen (secondary N) is 1. The van der Waals surface area contributed by atoms with Gasteiger partial charge in [-0.2, -0.15) is 0 Å². The molecule has 0 unspecified atom stereocenters. The van der Waals surface area contributed by atoms with Crippen LogP contribution >= 0.6 is 0 Å².